The van der Waals surface area contributed by atoms with E-state index in [0.717, 1.165) is 36.8 Å². The zero-order valence-electron chi connectivity index (χ0n) is 12.8. The maximum atomic E-state index is 12.6. The van der Waals surface area contributed by atoms with E-state index in [0.29, 0.717) is 4.88 Å². The topological polar surface area (TPSA) is 57.6 Å². The molecule has 1 amide bonds. The maximum Gasteiger partial charge on any atom is 0.328 e. The van der Waals surface area contributed by atoms with Crippen molar-refractivity contribution in [2.45, 2.75) is 46.1 Å². The number of aliphatic carboxylic acids is 1. The molecular weight excluding hydrogens is 286 g/mol. The molecule has 1 heterocycles. The van der Waals surface area contributed by atoms with Crippen LogP contribution < -0.4 is 0 Å². The van der Waals surface area contributed by atoms with E-state index in [1.165, 1.54) is 17.4 Å². The lowest BCUT2D eigenvalue weighted by Crippen LogP contribution is -2.38. The van der Waals surface area contributed by atoms with Crippen LogP contribution in [0.1, 0.15) is 54.6 Å². The van der Waals surface area contributed by atoms with Crippen LogP contribution in [0.4, 0.5) is 0 Å². The highest BCUT2D eigenvalue weighted by molar-refractivity contribution is 7.14. The summed E-state index contributed by atoms with van der Waals surface area (Å²) < 4.78 is 0. The smallest absolute Gasteiger partial charge is 0.328 e. The van der Waals surface area contributed by atoms with Crippen molar-refractivity contribution in [1.29, 1.82) is 0 Å². The van der Waals surface area contributed by atoms with E-state index < -0.39 is 5.97 Å². The second-order valence-corrected chi connectivity index (χ2v) is 6.10. The van der Waals surface area contributed by atoms with Gasteiger partial charge in [-0.05, 0) is 38.0 Å². The molecule has 0 saturated carbocycles. The van der Waals surface area contributed by atoms with Crippen molar-refractivity contribution in [2.75, 3.05) is 6.54 Å². The molecule has 0 spiro atoms. The molecule has 116 valence electrons. The Morgan fingerprint density at radius 2 is 2.10 bits per heavy atom. The van der Waals surface area contributed by atoms with Gasteiger partial charge in [-0.15, -0.1) is 11.3 Å². The number of thiophene rings is 1. The number of nitrogens with zero attached hydrogens (tertiary/aromatic N) is 1. The predicted octanol–water partition coefficient (Wildman–Crippen LogP) is 3.89. The van der Waals surface area contributed by atoms with Crippen LogP contribution in [-0.2, 0) is 4.79 Å². The van der Waals surface area contributed by atoms with Crippen LogP contribution in [0.5, 0.6) is 0 Å². The maximum absolute atomic E-state index is 12.6. The Labute approximate surface area is 130 Å². The first kappa shape index (κ1) is 17.4. The van der Waals surface area contributed by atoms with E-state index >= 15 is 0 Å². The summed E-state index contributed by atoms with van der Waals surface area (Å²) in [7, 11) is 0. The SMILES string of the molecule is CCCCN(C(=O)c1ccc(C=CC(=O)O)s1)C(C)CC. The Morgan fingerprint density at radius 3 is 2.67 bits per heavy atom. The van der Waals surface area contributed by atoms with Gasteiger partial charge in [0.1, 0.15) is 0 Å². The zero-order valence-corrected chi connectivity index (χ0v) is 13.7. The molecule has 0 fully saturated rings. The molecule has 4 nitrogen and oxygen atoms in total. The normalized spacial score (nSPS) is 12.5. The molecule has 1 unspecified atom stereocenters. The van der Waals surface area contributed by atoms with Gasteiger partial charge in [-0.1, -0.05) is 20.3 Å². The summed E-state index contributed by atoms with van der Waals surface area (Å²) in [6.07, 6.45) is 5.57. The Morgan fingerprint density at radius 1 is 1.38 bits per heavy atom. The van der Waals surface area contributed by atoms with Gasteiger partial charge in [0.2, 0.25) is 0 Å². The fourth-order valence-electron chi connectivity index (χ4n) is 1.92. The molecular formula is C16H23NO3S. The van der Waals surface area contributed by atoms with Gasteiger partial charge in [0.25, 0.3) is 5.91 Å². The highest BCUT2D eigenvalue weighted by Crippen LogP contribution is 2.21. The monoisotopic (exact) mass is 309 g/mol. The van der Waals surface area contributed by atoms with Crippen LogP contribution in [0.15, 0.2) is 18.2 Å². The molecule has 1 atom stereocenters. The van der Waals surface area contributed by atoms with Crippen LogP contribution in [0.25, 0.3) is 6.08 Å². The van der Waals surface area contributed by atoms with E-state index in [4.69, 9.17) is 5.11 Å². The number of carbonyl (C=O) groups is 2. The van der Waals surface area contributed by atoms with Gasteiger partial charge in [-0.3, -0.25) is 4.79 Å². The van der Waals surface area contributed by atoms with Gasteiger partial charge in [-0.25, -0.2) is 4.79 Å². The molecule has 0 aliphatic rings. The fraction of sp³-hybridized carbons (Fsp3) is 0.500. The van der Waals surface area contributed by atoms with Gasteiger partial charge < -0.3 is 10.0 Å². The van der Waals surface area contributed by atoms with Crippen LogP contribution in [0, 0.1) is 0 Å². The van der Waals surface area contributed by atoms with E-state index in [-0.39, 0.29) is 11.9 Å². The van der Waals surface area contributed by atoms with Crippen LogP contribution in [-0.4, -0.2) is 34.5 Å². The molecule has 21 heavy (non-hydrogen) atoms. The lowest BCUT2D eigenvalue weighted by atomic mass is 10.2. The summed E-state index contributed by atoms with van der Waals surface area (Å²) in [6, 6.07) is 3.77. The fourth-order valence-corrected chi connectivity index (χ4v) is 2.79. The Balaban J connectivity index is 2.85. The number of hydrogen-bond acceptors (Lipinski definition) is 3. The number of carboxylic acids is 1. The van der Waals surface area contributed by atoms with Crippen molar-refractivity contribution in [3.05, 3.63) is 28.0 Å². The van der Waals surface area contributed by atoms with Crippen molar-refractivity contribution in [2.24, 2.45) is 0 Å². The van der Waals surface area contributed by atoms with E-state index in [2.05, 4.69) is 20.8 Å². The Hall–Kier alpha value is -1.62. The summed E-state index contributed by atoms with van der Waals surface area (Å²) in [4.78, 5) is 26.5. The van der Waals surface area contributed by atoms with Crippen molar-refractivity contribution >= 4 is 29.3 Å². The molecule has 1 aromatic rings. The lowest BCUT2D eigenvalue weighted by Gasteiger charge is -2.28. The lowest BCUT2D eigenvalue weighted by molar-refractivity contribution is -0.131. The molecule has 1 aromatic heterocycles. The molecule has 0 radical (unpaired) electrons. The van der Waals surface area contributed by atoms with E-state index in [9.17, 15) is 9.59 Å². The zero-order chi connectivity index (χ0) is 15.8. The van der Waals surface area contributed by atoms with Crippen molar-refractivity contribution in [3.8, 4) is 0 Å². The van der Waals surface area contributed by atoms with Crippen molar-refractivity contribution < 1.29 is 14.7 Å². The summed E-state index contributed by atoms with van der Waals surface area (Å²) in [6.45, 7) is 7.01. The number of amides is 1. The van der Waals surface area contributed by atoms with Crippen LogP contribution in [0.2, 0.25) is 0 Å². The van der Waals surface area contributed by atoms with Gasteiger partial charge in [-0.2, -0.15) is 0 Å². The minimum atomic E-state index is -0.986. The van der Waals surface area contributed by atoms with Gasteiger partial charge in [0.05, 0.1) is 4.88 Å². The first-order valence-corrected chi connectivity index (χ1v) is 8.13. The molecule has 0 aromatic carbocycles. The minimum Gasteiger partial charge on any atom is -0.478 e. The van der Waals surface area contributed by atoms with Crippen molar-refractivity contribution in [3.63, 3.8) is 0 Å². The molecule has 5 heteroatoms. The predicted molar refractivity (Wildman–Crippen MR) is 86.7 cm³/mol. The molecule has 0 saturated heterocycles. The average molecular weight is 309 g/mol. The largest absolute Gasteiger partial charge is 0.478 e. The highest BCUT2D eigenvalue weighted by atomic mass is 32.1. The number of hydrogen-bond donors (Lipinski definition) is 1. The minimum absolute atomic E-state index is 0.0396. The summed E-state index contributed by atoms with van der Waals surface area (Å²) in [5.41, 5.74) is 0. The molecule has 1 rings (SSSR count). The number of carboxylic acid groups (broad SMARTS) is 1. The second kappa shape index (κ2) is 8.62. The Bertz CT molecular complexity index is 507. The number of carbonyl (C=O) groups excluding carboxylic acids is 1. The first-order chi connectivity index (χ1) is 9.99. The third-order valence-electron chi connectivity index (χ3n) is 3.36. The molecule has 1 N–H and O–H groups in total. The molecule has 0 bridgehead atoms. The van der Waals surface area contributed by atoms with Gasteiger partial charge in [0.15, 0.2) is 0 Å². The number of unbranched alkanes of at least 4 members (excludes halogenated alkanes) is 1. The van der Waals surface area contributed by atoms with Crippen LogP contribution >= 0.6 is 11.3 Å². The first-order valence-electron chi connectivity index (χ1n) is 7.31. The standard InChI is InChI=1S/C16H23NO3S/c1-4-6-11-17(12(3)5-2)16(20)14-9-7-13(21-14)8-10-15(18)19/h7-10,12H,4-6,11H2,1-3H3,(H,18,19). The average Bonchev–Trinajstić information content (AvgIpc) is 2.93. The molecule has 0 aliphatic heterocycles. The molecule has 0 aliphatic carbocycles. The highest BCUT2D eigenvalue weighted by Gasteiger charge is 2.21. The second-order valence-electron chi connectivity index (χ2n) is 4.98. The Kier molecular flexibility index (Phi) is 7.15. The summed E-state index contributed by atoms with van der Waals surface area (Å²) in [5.74, 6) is -0.946. The van der Waals surface area contributed by atoms with Crippen LogP contribution in [0.3, 0.4) is 0 Å². The third kappa shape index (κ3) is 5.34. The van der Waals surface area contributed by atoms with Crippen molar-refractivity contribution in [1.82, 2.24) is 4.90 Å². The van der Waals surface area contributed by atoms with Gasteiger partial charge >= 0.3 is 5.97 Å². The summed E-state index contributed by atoms with van der Waals surface area (Å²) in [5, 5.41) is 8.62. The quantitative estimate of drug-likeness (QED) is 0.741. The number of rotatable bonds is 8. The van der Waals surface area contributed by atoms with Gasteiger partial charge in [0, 0.05) is 23.5 Å². The van der Waals surface area contributed by atoms with E-state index in [1.807, 2.05) is 4.90 Å². The third-order valence-corrected chi connectivity index (χ3v) is 4.40. The van der Waals surface area contributed by atoms with E-state index in [1.54, 1.807) is 12.1 Å². The summed E-state index contributed by atoms with van der Waals surface area (Å²) >= 11 is 1.33.